The number of fused-ring (bicyclic) bond motifs is 1. The highest BCUT2D eigenvalue weighted by atomic mass is 35.5. The van der Waals surface area contributed by atoms with Crippen molar-refractivity contribution in [3.05, 3.63) is 69.7 Å². The summed E-state index contributed by atoms with van der Waals surface area (Å²) in [7, 11) is 0. The average Bonchev–Trinajstić information content (AvgIpc) is 2.87. The summed E-state index contributed by atoms with van der Waals surface area (Å²) in [5, 5.41) is 1.43. The zero-order valence-electron chi connectivity index (χ0n) is 10.7. The van der Waals surface area contributed by atoms with Gasteiger partial charge in [0.25, 0.3) is 0 Å². The maximum absolute atomic E-state index is 13.0. The second-order valence-electron chi connectivity index (χ2n) is 4.60. The Labute approximate surface area is 130 Å². The summed E-state index contributed by atoms with van der Waals surface area (Å²) >= 11 is 11.9. The molecule has 21 heavy (non-hydrogen) atoms. The van der Waals surface area contributed by atoms with Gasteiger partial charge in [-0.05, 0) is 29.8 Å². The number of hydrogen-bond donors (Lipinski definition) is 0. The van der Waals surface area contributed by atoms with Crippen molar-refractivity contribution in [1.29, 1.82) is 0 Å². The predicted octanol–water partition coefficient (Wildman–Crippen LogP) is 5.30. The molecule has 5 heteroatoms. The van der Waals surface area contributed by atoms with Crippen LogP contribution in [0.15, 0.2) is 46.9 Å². The van der Waals surface area contributed by atoms with Crippen molar-refractivity contribution in [2.75, 3.05) is 0 Å². The van der Waals surface area contributed by atoms with E-state index in [0.717, 1.165) is 5.39 Å². The van der Waals surface area contributed by atoms with E-state index in [2.05, 4.69) is 0 Å². The first kappa shape index (κ1) is 14.1. The van der Waals surface area contributed by atoms with Gasteiger partial charge in [0, 0.05) is 16.8 Å². The van der Waals surface area contributed by atoms with Crippen LogP contribution >= 0.6 is 23.2 Å². The molecule has 1 heterocycles. The van der Waals surface area contributed by atoms with E-state index in [1.165, 1.54) is 18.2 Å². The van der Waals surface area contributed by atoms with Crippen LogP contribution in [0.4, 0.5) is 4.39 Å². The van der Waals surface area contributed by atoms with Crippen molar-refractivity contribution < 1.29 is 13.6 Å². The molecule has 0 saturated heterocycles. The van der Waals surface area contributed by atoms with Crippen LogP contribution in [0.1, 0.15) is 16.1 Å². The molecule has 0 aliphatic heterocycles. The van der Waals surface area contributed by atoms with E-state index < -0.39 is 5.82 Å². The molecule has 3 aromatic rings. The lowest BCUT2D eigenvalue weighted by Gasteiger charge is -2.02. The van der Waals surface area contributed by atoms with Gasteiger partial charge in [0.1, 0.15) is 5.82 Å². The number of Topliss-reactive ketones (excluding diaryl/α,β-unsaturated/α-hetero) is 1. The Morgan fingerprint density at radius 1 is 1.10 bits per heavy atom. The number of ketones is 1. The molecule has 0 amide bonds. The van der Waals surface area contributed by atoms with Gasteiger partial charge in [0.15, 0.2) is 11.3 Å². The van der Waals surface area contributed by atoms with Crippen LogP contribution in [-0.2, 0) is 6.42 Å². The fraction of sp³-hybridized carbons (Fsp3) is 0.0625. The molecule has 2 nitrogen and oxygen atoms in total. The average molecular weight is 323 g/mol. The number of rotatable bonds is 3. The number of hydrogen-bond acceptors (Lipinski definition) is 2. The molecule has 0 unspecified atom stereocenters. The minimum atomic E-state index is -0.438. The van der Waals surface area contributed by atoms with Crippen LogP contribution in [0.5, 0.6) is 0 Å². The molecule has 0 fully saturated rings. The Morgan fingerprint density at radius 2 is 1.90 bits per heavy atom. The molecule has 0 aliphatic rings. The van der Waals surface area contributed by atoms with E-state index in [9.17, 15) is 9.18 Å². The molecule has 3 rings (SSSR count). The summed E-state index contributed by atoms with van der Waals surface area (Å²) in [6.07, 6.45) is 0.0382. The van der Waals surface area contributed by atoms with E-state index in [-0.39, 0.29) is 23.0 Å². The van der Waals surface area contributed by atoms with Gasteiger partial charge in [-0.2, -0.15) is 0 Å². The molecule has 0 aliphatic carbocycles. The highest BCUT2D eigenvalue weighted by Gasteiger charge is 2.16. The minimum absolute atomic E-state index is 0.0382. The molecule has 0 radical (unpaired) electrons. The molecule has 0 saturated carbocycles. The van der Waals surface area contributed by atoms with Crippen molar-refractivity contribution in [1.82, 2.24) is 0 Å². The van der Waals surface area contributed by atoms with Crippen LogP contribution in [0, 0.1) is 5.82 Å². The van der Waals surface area contributed by atoms with Crippen LogP contribution in [-0.4, -0.2) is 5.78 Å². The normalized spacial score (nSPS) is 11.0. The second kappa shape index (κ2) is 5.51. The molecule has 0 spiro atoms. The summed E-state index contributed by atoms with van der Waals surface area (Å²) in [5.74, 6) is -0.471. The molecule has 2 aromatic carbocycles. The number of furan rings is 1. The quantitative estimate of drug-likeness (QED) is 0.612. The van der Waals surface area contributed by atoms with Gasteiger partial charge in [-0.3, -0.25) is 4.79 Å². The summed E-state index contributed by atoms with van der Waals surface area (Å²) in [5.41, 5.74) is 1.03. The Hall–Kier alpha value is -1.84. The highest BCUT2D eigenvalue weighted by Crippen LogP contribution is 2.28. The number of carbonyl (C=O) groups excluding carboxylic acids is 1. The van der Waals surface area contributed by atoms with Gasteiger partial charge in [0.05, 0.1) is 5.02 Å². The Morgan fingerprint density at radius 3 is 2.62 bits per heavy atom. The SMILES string of the molecule is O=C(Cc1ccc(F)cc1Cl)c1cc2cccc(Cl)c2o1. The third kappa shape index (κ3) is 2.80. The van der Waals surface area contributed by atoms with Gasteiger partial charge < -0.3 is 4.42 Å². The van der Waals surface area contributed by atoms with Crippen molar-refractivity contribution in [2.24, 2.45) is 0 Å². The van der Waals surface area contributed by atoms with Gasteiger partial charge in [0.2, 0.25) is 5.78 Å². The molecule has 0 bridgehead atoms. The molecule has 106 valence electrons. The molecule has 0 atom stereocenters. The predicted molar refractivity (Wildman–Crippen MR) is 80.7 cm³/mol. The van der Waals surface area contributed by atoms with Crippen molar-refractivity contribution in [3.8, 4) is 0 Å². The number of halogens is 3. The number of carbonyl (C=O) groups is 1. The fourth-order valence-corrected chi connectivity index (χ4v) is 2.54. The first-order valence-electron chi connectivity index (χ1n) is 6.20. The maximum Gasteiger partial charge on any atom is 0.202 e. The Kier molecular flexibility index (Phi) is 3.70. The van der Waals surface area contributed by atoms with Crippen LogP contribution in [0.2, 0.25) is 10.0 Å². The van der Waals surface area contributed by atoms with Crippen molar-refractivity contribution in [2.45, 2.75) is 6.42 Å². The summed E-state index contributed by atoms with van der Waals surface area (Å²) < 4.78 is 18.5. The first-order valence-corrected chi connectivity index (χ1v) is 6.95. The lowest BCUT2D eigenvalue weighted by molar-refractivity contribution is 0.0968. The van der Waals surface area contributed by atoms with Gasteiger partial charge >= 0.3 is 0 Å². The summed E-state index contributed by atoms with van der Waals surface area (Å²) in [6.45, 7) is 0. The van der Waals surface area contributed by atoms with E-state index in [1.807, 2.05) is 6.07 Å². The molecule has 0 N–H and O–H groups in total. The third-order valence-corrected chi connectivity index (χ3v) is 3.79. The number of para-hydroxylation sites is 1. The monoisotopic (exact) mass is 322 g/mol. The van der Waals surface area contributed by atoms with E-state index >= 15 is 0 Å². The first-order chi connectivity index (χ1) is 10.0. The topological polar surface area (TPSA) is 30.2 Å². The summed E-state index contributed by atoms with van der Waals surface area (Å²) in [4.78, 5) is 12.2. The number of benzene rings is 2. The fourth-order valence-electron chi connectivity index (χ4n) is 2.09. The smallest absolute Gasteiger partial charge is 0.202 e. The van der Waals surface area contributed by atoms with Crippen LogP contribution < -0.4 is 0 Å². The van der Waals surface area contributed by atoms with Crippen molar-refractivity contribution in [3.63, 3.8) is 0 Å². The van der Waals surface area contributed by atoms with E-state index in [4.69, 9.17) is 27.6 Å². The van der Waals surface area contributed by atoms with Gasteiger partial charge in [-0.25, -0.2) is 4.39 Å². The summed E-state index contributed by atoms with van der Waals surface area (Å²) in [6, 6.07) is 10.9. The lowest BCUT2D eigenvalue weighted by atomic mass is 10.1. The molecular weight excluding hydrogens is 314 g/mol. The maximum atomic E-state index is 13.0. The zero-order chi connectivity index (χ0) is 15.0. The van der Waals surface area contributed by atoms with Crippen LogP contribution in [0.25, 0.3) is 11.0 Å². The zero-order valence-corrected chi connectivity index (χ0v) is 12.2. The van der Waals surface area contributed by atoms with Gasteiger partial charge in [-0.15, -0.1) is 0 Å². The molecular formula is C16H9Cl2FO2. The van der Waals surface area contributed by atoms with Crippen molar-refractivity contribution >= 4 is 40.0 Å². The van der Waals surface area contributed by atoms with E-state index in [1.54, 1.807) is 18.2 Å². The molecule has 1 aromatic heterocycles. The Bertz CT molecular complexity index is 839. The largest absolute Gasteiger partial charge is 0.451 e. The minimum Gasteiger partial charge on any atom is -0.451 e. The lowest BCUT2D eigenvalue weighted by Crippen LogP contribution is -2.02. The van der Waals surface area contributed by atoms with Crippen LogP contribution in [0.3, 0.4) is 0 Å². The third-order valence-electron chi connectivity index (χ3n) is 3.14. The highest BCUT2D eigenvalue weighted by molar-refractivity contribution is 6.35. The standard InChI is InChI=1S/C16H9Cl2FO2/c17-12-3-1-2-10-7-15(21-16(10)12)14(20)6-9-4-5-11(19)8-13(9)18/h1-5,7-8H,6H2. The van der Waals surface area contributed by atoms with Gasteiger partial charge in [-0.1, -0.05) is 41.4 Å². The Balaban J connectivity index is 1.92. The van der Waals surface area contributed by atoms with E-state index in [0.29, 0.717) is 16.2 Å². The second-order valence-corrected chi connectivity index (χ2v) is 5.42.